The molecule has 2 aromatic carbocycles. The summed E-state index contributed by atoms with van der Waals surface area (Å²) in [6, 6.07) is 13.6. The number of nitrogens with one attached hydrogen (secondary N) is 1. The van der Waals surface area contributed by atoms with Crippen molar-refractivity contribution >= 4 is 51.9 Å². The number of carbonyl (C=O) groups is 1. The zero-order valence-electron chi connectivity index (χ0n) is 24.1. The first-order chi connectivity index (χ1) is 21.4. The summed E-state index contributed by atoms with van der Waals surface area (Å²) in [5, 5.41) is 19.3. The predicted molar refractivity (Wildman–Crippen MR) is 171 cm³/mol. The maximum Gasteiger partial charge on any atom is 0.242 e. The van der Waals surface area contributed by atoms with Gasteiger partial charge in [-0.25, -0.2) is 14.3 Å². The van der Waals surface area contributed by atoms with Gasteiger partial charge in [-0.3, -0.25) is 9.18 Å². The quantitative estimate of drug-likeness (QED) is 0.136. The maximum atomic E-state index is 12.6. The molecule has 1 amide bonds. The summed E-state index contributed by atoms with van der Waals surface area (Å²) >= 11 is 7.52. The van der Waals surface area contributed by atoms with Crippen molar-refractivity contribution < 1.29 is 18.7 Å². The molecule has 0 unspecified atom stereocenters. The van der Waals surface area contributed by atoms with Crippen molar-refractivity contribution in [1.29, 1.82) is 0 Å². The first kappa shape index (κ1) is 31.7. The second-order valence-corrected chi connectivity index (χ2v) is 12.9. The van der Waals surface area contributed by atoms with Gasteiger partial charge in [0.25, 0.3) is 0 Å². The minimum atomic E-state index is -0.355. The number of carbonyl (C=O) groups excluding carboxylic acids is 1. The van der Waals surface area contributed by atoms with Gasteiger partial charge >= 0.3 is 0 Å². The van der Waals surface area contributed by atoms with Gasteiger partial charge in [-0.1, -0.05) is 22.6 Å². The van der Waals surface area contributed by atoms with E-state index in [2.05, 4.69) is 49.6 Å². The normalized spacial score (nSPS) is 12.0. The Bertz CT molecular complexity index is 1660. The van der Waals surface area contributed by atoms with E-state index >= 15 is 0 Å². The Kier molecular flexibility index (Phi) is 11.4. The Balaban J connectivity index is 0.979. The number of thioether (sulfide) groups is 1. The molecule has 5 aromatic rings. The number of aromatic nitrogens is 7. The molecule has 11 nitrogen and oxygen atoms in total. The lowest BCUT2D eigenvalue weighted by atomic mass is 10.2. The van der Waals surface area contributed by atoms with Crippen LogP contribution in [0, 0.1) is 0 Å². The van der Waals surface area contributed by atoms with E-state index in [1.165, 1.54) is 16.0 Å². The van der Waals surface area contributed by atoms with Crippen LogP contribution in [0.4, 0.5) is 4.39 Å². The Hall–Kier alpha value is -3.69. The van der Waals surface area contributed by atoms with Gasteiger partial charge in [-0.05, 0) is 55.7 Å². The largest absolute Gasteiger partial charge is 0.492 e. The van der Waals surface area contributed by atoms with Gasteiger partial charge < -0.3 is 14.8 Å². The standard InChI is InChI=1S/C29H33FN8O3S3/c1-20(18-43-19-21-4-2-6-24(12-21)40-11-10-37-14-22(33-35-37)5-3-9-30)31-28(39)16-38-15-23(34-36-38)17-41-25-7-8-26-27(13-25)44-29(42)32-26/h2,4,6-8,12-15,20H,3,5,9-11,16-19H2,1H3,(H,31,39)(H,32,42)/t20-/m0/s1. The second kappa shape index (κ2) is 15.9. The Morgan fingerprint density at radius 1 is 1.09 bits per heavy atom. The SMILES string of the molecule is C[C@@H](CSCc1cccc(OCCn2cc(CCCF)nn2)c1)NC(=O)Cn1cc(COc2ccc3nc(S)sc3c2)nn1. The number of aryl methyl sites for hydroxylation is 1. The van der Waals surface area contributed by atoms with E-state index in [1.54, 1.807) is 22.6 Å². The molecule has 0 saturated heterocycles. The Morgan fingerprint density at radius 3 is 2.80 bits per heavy atom. The van der Waals surface area contributed by atoms with E-state index in [4.69, 9.17) is 9.47 Å². The molecule has 0 aliphatic carbocycles. The van der Waals surface area contributed by atoms with Crippen LogP contribution in [-0.2, 0) is 36.7 Å². The molecule has 3 aromatic heterocycles. The third kappa shape index (κ3) is 9.66. The Labute approximate surface area is 267 Å². The number of benzene rings is 2. The summed E-state index contributed by atoms with van der Waals surface area (Å²) in [6.07, 6.45) is 4.58. The molecule has 3 heterocycles. The lowest BCUT2D eigenvalue weighted by Crippen LogP contribution is -2.36. The molecule has 15 heteroatoms. The monoisotopic (exact) mass is 656 g/mol. The fourth-order valence-corrected chi connectivity index (χ4v) is 6.38. The summed E-state index contributed by atoms with van der Waals surface area (Å²) in [6.45, 7) is 2.95. The van der Waals surface area contributed by atoms with Gasteiger partial charge in [-0.15, -0.1) is 34.2 Å². The second-order valence-electron chi connectivity index (χ2n) is 10.1. The molecule has 44 heavy (non-hydrogen) atoms. The number of thiol groups is 1. The molecule has 0 radical (unpaired) electrons. The van der Waals surface area contributed by atoms with Crippen molar-refractivity contribution in [2.24, 2.45) is 0 Å². The number of nitrogens with zero attached hydrogens (tertiary/aromatic N) is 7. The van der Waals surface area contributed by atoms with Crippen LogP contribution in [0.25, 0.3) is 10.2 Å². The first-order valence-electron chi connectivity index (χ1n) is 14.1. The van der Waals surface area contributed by atoms with Crippen LogP contribution in [0.2, 0.25) is 0 Å². The number of thiazole rings is 1. The van der Waals surface area contributed by atoms with Gasteiger partial charge in [0.15, 0.2) is 0 Å². The predicted octanol–water partition coefficient (Wildman–Crippen LogP) is 4.77. The third-order valence-electron chi connectivity index (χ3n) is 6.31. The van der Waals surface area contributed by atoms with E-state index in [-0.39, 0.29) is 31.8 Å². The molecular formula is C29H33FN8O3S3. The van der Waals surface area contributed by atoms with E-state index in [0.717, 1.165) is 38.7 Å². The van der Waals surface area contributed by atoms with E-state index in [9.17, 15) is 9.18 Å². The zero-order chi connectivity index (χ0) is 30.7. The van der Waals surface area contributed by atoms with E-state index < -0.39 is 0 Å². The molecular weight excluding hydrogens is 624 g/mol. The smallest absolute Gasteiger partial charge is 0.242 e. The molecule has 0 spiro atoms. The number of hydrogen-bond acceptors (Lipinski definition) is 11. The fraction of sp³-hybridized carbons (Fsp3) is 0.379. The number of amides is 1. The highest BCUT2D eigenvalue weighted by Crippen LogP contribution is 2.28. The average molecular weight is 657 g/mol. The Morgan fingerprint density at radius 2 is 1.91 bits per heavy atom. The highest BCUT2D eigenvalue weighted by Gasteiger charge is 2.11. The molecule has 0 bridgehead atoms. The number of rotatable bonds is 17. The van der Waals surface area contributed by atoms with E-state index in [0.29, 0.717) is 41.8 Å². The number of halogens is 1. The number of hydrogen-bond donors (Lipinski definition) is 2. The minimum absolute atomic E-state index is 0.0184. The van der Waals surface area contributed by atoms with Crippen LogP contribution < -0.4 is 14.8 Å². The van der Waals surface area contributed by atoms with Crippen molar-refractivity contribution in [2.45, 2.75) is 55.6 Å². The van der Waals surface area contributed by atoms with Gasteiger partial charge in [0.2, 0.25) is 5.91 Å². The van der Waals surface area contributed by atoms with E-state index in [1.807, 2.05) is 49.5 Å². The van der Waals surface area contributed by atoms with Crippen LogP contribution in [0.3, 0.4) is 0 Å². The topological polar surface area (TPSA) is 122 Å². The van der Waals surface area contributed by atoms with Gasteiger partial charge in [0.05, 0.1) is 35.3 Å². The molecule has 0 aliphatic heterocycles. The summed E-state index contributed by atoms with van der Waals surface area (Å²) < 4.78 is 29.0. The van der Waals surface area contributed by atoms with Crippen molar-refractivity contribution in [1.82, 2.24) is 40.3 Å². The summed E-state index contributed by atoms with van der Waals surface area (Å²) in [5.41, 5.74) is 3.44. The third-order valence-corrected chi connectivity index (χ3v) is 8.78. The summed E-state index contributed by atoms with van der Waals surface area (Å²) in [7, 11) is 0. The maximum absolute atomic E-state index is 12.6. The molecule has 0 aliphatic rings. The fourth-order valence-electron chi connectivity index (χ4n) is 4.28. The van der Waals surface area contributed by atoms with Gasteiger partial charge in [-0.2, -0.15) is 11.8 Å². The van der Waals surface area contributed by atoms with Crippen LogP contribution in [-0.4, -0.2) is 66.0 Å². The highest BCUT2D eigenvalue weighted by atomic mass is 32.2. The van der Waals surface area contributed by atoms with Crippen molar-refractivity contribution in [3.63, 3.8) is 0 Å². The van der Waals surface area contributed by atoms with Crippen LogP contribution in [0.5, 0.6) is 11.5 Å². The minimum Gasteiger partial charge on any atom is -0.492 e. The van der Waals surface area contributed by atoms with Crippen molar-refractivity contribution in [3.8, 4) is 11.5 Å². The molecule has 5 rings (SSSR count). The van der Waals surface area contributed by atoms with Crippen molar-refractivity contribution in [3.05, 3.63) is 71.8 Å². The molecule has 0 fully saturated rings. The van der Waals surface area contributed by atoms with Crippen molar-refractivity contribution in [2.75, 3.05) is 19.0 Å². The number of alkyl halides is 1. The molecule has 1 N–H and O–H groups in total. The summed E-state index contributed by atoms with van der Waals surface area (Å²) in [5.74, 6) is 2.90. The van der Waals surface area contributed by atoms with Gasteiger partial charge in [0, 0.05) is 23.7 Å². The zero-order valence-corrected chi connectivity index (χ0v) is 26.7. The van der Waals surface area contributed by atoms with Crippen LogP contribution in [0.15, 0.2) is 59.2 Å². The lowest BCUT2D eigenvalue weighted by molar-refractivity contribution is -0.122. The highest BCUT2D eigenvalue weighted by molar-refractivity contribution is 7.98. The first-order valence-corrected chi connectivity index (χ1v) is 16.5. The average Bonchev–Trinajstić information content (AvgIpc) is 3.74. The molecule has 0 saturated carbocycles. The number of ether oxygens (including phenoxy) is 2. The molecule has 1 atom stereocenters. The van der Waals surface area contributed by atoms with Crippen LogP contribution in [0.1, 0.15) is 30.3 Å². The number of fused-ring (bicyclic) bond motifs is 1. The lowest BCUT2D eigenvalue weighted by Gasteiger charge is -2.14. The van der Waals surface area contributed by atoms with Gasteiger partial charge in [0.1, 0.15) is 41.3 Å². The molecule has 232 valence electrons. The van der Waals surface area contributed by atoms with Crippen LogP contribution >= 0.6 is 35.7 Å². The summed E-state index contributed by atoms with van der Waals surface area (Å²) in [4.78, 5) is 16.9.